The third-order valence-corrected chi connectivity index (χ3v) is 2.72. The van der Waals surface area contributed by atoms with Crippen molar-refractivity contribution in [1.82, 2.24) is 0 Å². The summed E-state index contributed by atoms with van der Waals surface area (Å²) in [4.78, 5) is 0.948. The zero-order valence-electron chi connectivity index (χ0n) is 4.44. The Balaban J connectivity index is 3.17. The molecule has 9 heavy (non-hydrogen) atoms. The van der Waals surface area contributed by atoms with Crippen LogP contribution in [0, 0.1) is 3.57 Å². The Morgan fingerprint density at radius 2 is 2.11 bits per heavy atom. The van der Waals surface area contributed by atoms with Crippen molar-refractivity contribution in [3.63, 3.8) is 0 Å². The number of thiol groups is 1. The summed E-state index contributed by atoms with van der Waals surface area (Å²) in [6.45, 7) is 0. The average molecular weight is 271 g/mol. The van der Waals surface area contributed by atoms with Gasteiger partial charge >= 0.3 is 0 Å². The van der Waals surface area contributed by atoms with E-state index in [1.807, 2.05) is 18.2 Å². The Morgan fingerprint density at radius 3 is 2.56 bits per heavy atom. The number of hydrogen-bond donors (Lipinski definition) is 1. The van der Waals surface area contributed by atoms with E-state index in [1.165, 1.54) is 0 Å². The van der Waals surface area contributed by atoms with Gasteiger partial charge in [0, 0.05) is 8.47 Å². The Morgan fingerprint density at radius 1 is 1.44 bits per heavy atom. The molecule has 1 aromatic carbocycles. The molecule has 0 amide bonds. The van der Waals surface area contributed by atoms with Crippen LogP contribution in [0.3, 0.4) is 0 Å². The Labute approximate surface area is 78.2 Å². The van der Waals surface area contributed by atoms with Crippen molar-refractivity contribution in [2.45, 2.75) is 4.90 Å². The molecular weight excluding hydrogens is 266 g/mol. The van der Waals surface area contributed by atoms with Crippen molar-refractivity contribution in [3.8, 4) is 0 Å². The summed E-state index contributed by atoms with van der Waals surface area (Å²) in [6, 6.07) is 5.63. The monoisotopic (exact) mass is 270 g/mol. The first-order chi connectivity index (χ1) is 4.20. The highest BCUT2D eigenvalue weighted by Gasteiger charge is 1.93. The van der Waals surface area contributed by atoms with Crippen molar-refractivity contribution >= 4 is 46.8 Å². The normalized spacial score (nSPS) is 9.67. The van der Waals surface area contributed by atoms with Crippen molar-refractivity contribution in [1.29, 1.82) is 0 Å². The minimum absolute atomic E-state index is 0.786. The molecule has 1 aromatic rings. The first-order valence-electron chi connectivity index (χ1n) is 2.34. The van der Waals surface area contributed by atoms with E-state index in [4.69, 9.17) is 11.6 Å². The molecule has 48 valence electrons. The third kappa shape index (κ3) is 2.02. The van der Waals surface area contributed by atoms with E-state index in [1.54, 1.807) is 0 Å². The van der Waals surface area contributed by atoms with Gasteiger partial charge < -0.3 is 0 Å². The van der Waals surface area contributed by atoms with E-state index in [2.05, 4.69) is 35.2 Å². The van der Waals surface area contributed by atoms with Crippen LogP contribution in [0.2, 0.25) is 5.02 Å². The van der Waals surface area contributed by atoms with Crippen molar-refractivity contribution < 1.29 is 0 Å². The van der Waals surface area contributed by atoms with Gasteiger partial charge in [-0.1, -0.05) is 11.6 Å². The van der Waals surface area contributed by atoms with Crippen LogP contribution in [0.5, 0.6) is 0 Å². The van der Waals surface area contributed by atoms with Crippen LogP contribution in [0.4, 0.5) is 0 Å². The summed E-state index contributed by atoms with van der Waals surface area (Å²) in [5, 5.41) is 0.786. The molecule has 0 bridgehead atoms. The third-order valence-electron chi connectivity index (χ3n) is 0.903. The van der Waals surface area contributed by atoms with Crippen LogP contribution in [-0.4, -0.2) is 0 Å². The number of hydrogen-bond acceptors (Lipinski definition) is 1. The Hall–Kier alpha value is 0.590. The molecule has 3 heteroatoms. The molecule has 0 fully saturated rings. The van der Waals surface area contributed by atoms with Gasteiger partial charge in [-0.2, -0.15) is 0 Å². The van der Waals surface area contributed by atoms with Gasteiger partial charge in [0.25, 0.3) is 0 Å². The van der Waals surface area contributed by atoms with Gasteiger partial charge in [-0.05, 0) is 40.8 Å². The summed E-state index contributed by atoms with van der Waals surface area (Å²) in [7, 11) is 0. The number of benzene rings is 1. The molecule has 0 spiro atoms. The lowest BCUT2D eigenvalue weighted by Gasteiger charge is -1.94. The molecule has 0 unspecified atom stereocenters. The number of rotatable bonds is 0. The van der Waals surface area contributed by atoms with Gasteiger partial charge in [-0.3, -0.25) is 0 Å². The predicted molar refractivity (Wildman–Crippen MR) is 51.4 cm³/mol. The fourth-order valence-corrected chi connectivity index (χ4v) is 1.57. The van der Waals surface area contributed by atoms with Gasteiger partial charge in [-0.25, -0.2) is 0 Å². The van der Waals surface area contributed by atoms with Gasteiger partial charge in [0.05, 0.1) is 5.02 Å². The van der Waals surface area contributed by atoms with Crippen LogP contribution in [-0.2, 0) is 0 Å². The van der Waals surface area contributed by atoms with Crippen molar-refractivity contribution in [3.05, 3.63) is 26.8 Å². The molecule has 0 aliphatic carbocycles. The van der Waals surface area contributed by atoms with Gasteiger partial charge in [0.15, 0.2) is 0 Å². The standard InChI is InChI=1S/C6H4ClIS/c7-5-2-1-4(9)3-6(5)8/h1-3,9H. The fourth-order valence-electron chi connectivity index (χ4n) is 0.485. The maximum atomic E-state index is 5.74. The predicted octanol–water partition coefficient (Wildman–Crippen LogP) is 3.23. The SMILES string of the molecule is Sc1ccc(Cl)c(I)c1. The molecule has 1 rings (SSSR count). The quantitative estimate of drug-likeness (QED) is 0.543. The summed E-state index contributed by atoms with van der Waals surface area (Å²) in [6.07, 6.45) is 0. The lowest BCUT2D eigenvalue weighted by molar-refractivity contribution is 1.45. The molecule has 0 saturated heterocycles. The molecule has 0 saturated carbocycles. The zero-order chi connectivity index (χ0) is 6.85. The van der Waals surface area contributed by atoms with E-state index in [9.17, 15) is 0 Å². The fraction of sp³-hybridized carbons (Fsp3) is 0. The highest BCUT2D eigenvalue weighted by atomic mass is 127. The minimum Gasteiger partial charge on any atom is -0.143 e. The first kappa shape index (κ1) is 7.69. The highest BCUT2D eigenvalue weighted by molar-refractivity contribution is 14.1. The van der Waals surface area contributed by atoms with Crippen LogP contribution in [0.1, 0.15) is 0 Å². The maximum absolute atomic E-state index is 5.74. The van der Waals surface area contributed by atoms with Gasteiger partial charge in [0.1, 0.15) is 0 Å². The molecular formula is C6H4ClIS. The van der Waals surface area contributed by atoms with E-state index in [-0.39, 0.29) is 0 Å². The second-order valence-electron chi connectivity index (χ2n) is 1.60. The summed E-state index contributed by atoms with van der Waals surface area (Å²) >= 11 is 12.0. The van der Waals surface area contributed by atoms with E-state index < -0.39 is 0 Å². The largest absolute Gasteiger partial charge is 0.143 e. The van der Waals surface area contributed by atoms with E-state index in [0.717, 1.165) is 13.5 Å². The topological polar surface area (TPSA) is 0 Å². The second kappa shape index (κ2) is 3.12. The molecule has 0 N–H and O–H groups in total. The van der Waals surface area contributed by atoms with Crippen LogP contribution in [0.15, 0.2) is 23.1 Å². The summed E-state index contributed by atoms with van der Waals surface area (Å²) in [5.74, 6) is 0. The Bertz CT molecular complexity index is 224. The lowest BCUT2D eigenvalue weighted by atomic mass is 10.4. The minimum atomic E-state index is 0.786. The lowest BCUT2D eigenvalue weighted by Crippen LogP contribution is -1.72. The summed E-state index contributed by atoms with van der Waals surface area (Å²) < 4.78 is 1.04. The number of halogens is 2. The molecule has 0 heterocycles. The van der Waals surface area contributed by atoms with Crippen molar-refractivity contribution in [2.75, 3.05) is 0 Å². The first-order valence-corrected chi connectivity index (χ1v) is 4.24. The molecule has 0 radical (unpaired) electrons. The second-order valence-corrected chi connectivity index (χ2v) is 3.68. The molecule has 0 aromatic heterocycles. The maximum Gasteiger partial charge on any atom is 0.0540 e. The molecule has 0 atom stereocenters. The summed E-state index contributed by atoms with van der Waals surface area (Å²) in [5.41, 5.74) is 0. The Kier molecular flexibility index (Phi) is 2.67. The average Bonchev–Trinajstić information content (AvgIpc) is 1.80. The molecule has 0 aliphatic rings. The van der Waals surface area contributed by atoms with Gasteiger partial charge in [-0.15, -0.1) is 12.6 Å². The molecule has 0 nitrogen and oxygen atoms in total. The van der Waals surface area contributed by atoms with E-state index >= 15 is 0 Å². The smallest absolute Gasteiger partial charge is 0.0540 e. The highest BCUT2D eigenvalue weighted by Crippen LogP contribution is 2.20. The van der Waals surface area contributed by atoms with E-state index in [0.29, 0.717) is 0 Å². The molecule has 0 aliphatic heterocycles. The van der Waals surface area contributed by atoms with Crippen LogP contribution < -0.4 is 0 Å². The van der Waals surface area contributed by atoms with Crippen molar-refractivity contribution in [2.24, 2.45) is 0 Å². The van der Waals surface area contributed by atoms with Crippen LogP contribution >= 0.6 is 46.8 Å². The van der Waals surface area contributed by atoms with Gasteiger partial charge in [0.2, 0.25) is 0 Å². The zero-order valence-corrected chi connectivity index (χ0v) is 8.24. The van der Waals surface area contributed by atoms with Crippen LogP contribution in [0.25, 0.3) is 0 Å².